The average molecular weight is 897 g/mol. The topological polar surface area (TPSA) is 32.8 Å². The summed E-state index contributed by atoms with van der Waals surface area (Å²) in [6.45, 7) is 0. The fraction of sp³-hybridized carbons (Fsp3) is 0. The van der Waals surface area contributed by atoms with E-state index in [9.17, 15) is 0 Å². The second-order valence-electron chi connectivity index (χ2n) is 17.7. The molecule has 4 heteroatoms. The van der Waals surface area contributed by atoms with Crippen molar-refractivity contribution in [1.82, 2.24) is 0 Å². The van der Waals surface area contributed by atoms with Crippen molar-refractivity contribution in [2.75, 3.05) is 9.80 Å². The minimum absolute atomic E-state index is 0.876. The van der Waals surface area contributed by atoms with E-state index in [0.29, 0.717) is 0 Å². The molecule has 0 unspecified atom stereocenters. The van der Waals surface area contributed by atoms with Crippen LogP contribution in [0.15, 0.2) is 276 Å². The molecule has 0 aliphatic heterocycles. The van der Waals surface area contributed by atoms with Crippen LogP contribution in [0.2, 0.25) is 0 Å². The van der Waals surface area contributed by atoms with Crippen LogP contribution in [0.25, 0.3) is 88.4 Å². The molecule has 0 bridgehead atoms. The first-order valence-corrected chi connectivity index (χ1v) is 23.7. The Morgan fingerprint density at radius 1 is 0.186 bits per heavy atom. The summed E-state index contributed by atoms with van der Waals surface area (Å²) in [7, 11) is 0. The van der Waals surface area contributed by atoms with Crippen molar-refractivity contribution >= 4 is 78.0 Å². The van der Waals surface area contributed by atoms with Crippen molar-refractivity contribution < 1.29 is 8.83 Å². The minimum atomic E-state index is 0.876. The maximum absolute atomic E-state index is 6.24. The summed E-state index contributed by atoms with van der Waals surface area (Å²) in [4.78, 5) is 4.66. The molecule has 0 spiro atoms. The van der Waals surface area contributed by atoms with Crippen molar-refractivity contribution in [2.45, 2.75) is 0 Å². The third kappa shape index (κ3) is 7.54. The van der Waals surface area contributed by atoms with Crippen molar-refractivity contribution in [3.05, 3.63) is 267 Å². The quantitative estimate of drug-likeness (QED) is 0.137. The van der Waals surface area contributed by atoms with Crippen LogP contribution in [0.4, 0.5) is 34.1 Å². The van der Waals surface area contributed by atoms with Gasteiger partial charge in [0.1, 0.15) is 22.3 Å². The molecule has 2 aromatic heterocycles. The molecule has 13 rings (SSSR count). The van der Waals surface area contributed by atoms with Gasteiger partial charge in [-0.3, -0.25) is 0 Å². The van der Waals surface area contributed by atoms with Crippen LogP contribution in [0.1, 0.15) is 0 Å². The first kappa shape index (κ1) is 40.9. The van der Waals surface area contributed by atoms with Gasteiger partial charge < -0.3 is 18.6 Å². The van der Waals surface area contributed by atoms with Crippen molar-refractivity contribution in [1.29, 1.82) is 0 Å². The normalized spacial score (nSPS) is 11.4. The molecule has 0 saturated heterocycles. The first-order chi connectivity index (χ1) is 34.7. The van der Waals surface area contributed by atoms with E-state index in [1.807, 2.05) is 24.3 Å². The fourth-order valence-corrected chi connectivity index (χ4v) is 9.95. The second kappa shape index (κ2) is 17.4. The van der Waals surface area contributed by atoms with Gasteiger partial charge >= 0.3 is 0 Å². The highest BCUT2D eigenvalue weighted by atomic mass is 16.3. The van der Waals surface area contributed by atoms with Crippen LogP contribution < -0.4 is 9.80 Å². The Balaban J connectivity index is 0.827. The van der Waals surface area contributed by atoms with Gasteiger partial charge in [-0.05, 0) is 148 Å². The highest BCUT2D eigenvalue weighted by molar-refractivity contribution is 6.07. The molecule has 4 nitrogen and oxygen atoms in total. The van der Waals surface area contributed by atoms with Gasteiger partial charge in [0.05, 0.1) is 0 Å². The number of anilines is 6. The average Bonchev–Trinajstić information content (AvgIpc) is 4.00. The van der Waals surface area contributed by atoms with Crippen LogP contribution >= 0.6 is 0 Å². The van der Waals surface area contributed by atoms with E-state index < -0.39 is 0 Å². The molecule has 70 heavy (non-hydrogen) atoms. The Morgan fingerprint density at radius 2 is 0.471 bits per heavy atom. The molecule has 13 aromatic rings. The molecule has 0 fully saturated rings. The smallest absolute Gasteiger partial charge is 0.135 e. The number of para-hydroxylation sites is 2. The molecule has 0 aliphatic rings. The summed E-state index contributed by atoms with van der Waals surface area (Å²) in [5.41, 5.74) is 19.3. The summed E-state index contributed by atoms with van der Waals surface area (Å²) in [5, 5.41) is 4.40. The van der Waals surface area contributed by atoms with E-state index >= 15 is 0 Å². The van der Waals surface area contributed by atoms with Gasteiger partial charge in [-0.25, -0.2) is 0 Å². The van der Waals surface area contributed by atoms with E-state index in [0.717, 1.165) is 100 Å². The maximum atomic E-state index is 6.24. The Hall–Kier alpha value is -9.38. The van der Waals surface area contributed by atoms with E-state index in [1.54, 1.807) is 0 Å². The van der Waals surface area contributed by atoms with Gasteiger partial charge in [0, 0.05) is 55.7 Å². The van der Waals surface area contributed by atoms with Crippen molar-refractivity contribution in [3.63, 3.8) is 0 Å². The van der Waals surface area contributed by atoms with Crippen molar-refractivity contribution in [2.24, 2.45) is 0 Å². The van der Waals surface area contributed by atoms with E-state index in [4.69, 9.17) is 8.83 Å². The van der Waals surface area contributed by atoms with Gasteiger partial charge in [0.25, 0.3) is 0 Å². The molecule has 0 atom stereocenters. The van der Waals surface area contributed by atoms with Gasteiger partial charge in [-0.2, -0.15) is 0 Å². The molecule has 0 radical (unpaired) electrons. The Morgan fingerprint density at radius 3 is 0.857 bits per heavy atom. The molecule has 330 valence electrons. The van der Waals surface area contributed by atoms with Gasteiger partial charge in [-0.1, -0.05) is 164 Å². The lowest BCUT2D eigenvalue weighted by molar-refractivity contribution is 0.668. The number of furan rings is 2. The molecule has 0 saturated carbocycles. The van der Waals surface area contributed by atoms with E-state index in [-0.39, 0.29) is 0 Å². The first-order valence-electron chi connectivity index (χ1n) is 23.7. The molecular formula is C66H44N2O2. The van der Waals surface area contributed by atoms with E-state index in [1.165, 1.54) is 22.3 Å². The van der Waals surface area contributed by atoms with Gasteiger partial charge in [-0.15, -0.1) is 0 Å². The third-order valence-electron chi connectivity index (χ3n) is 13.5. The number of nitrogens with zero attached hydrogens (tertiary/aromatic N) is 2. The predicted octanol–water partition coefficient (Wildman–Crippen LogP) is 19.1. The number of benzene rings is 11. The number of rotatable bonds is 10. The predicted molar refractivity (Wildman–Crippen MR) is 292 cm³/mol. The highest BCUT2D eigenvalue weighted by Gasteiger charge is 2.19. The molecule has 0 N–H and O–H groups in total. The summed E-state index contributed by atoms with van der Waals surface area (Å²) in [6, 6.07) is 94.9. The van der Waals surface area contributed by atoms with E-state index in [2.05, 4.69) is 252 Å². The Kier molecular flexibility index (Phi) is 10.1. The second-order valence-corrected chi connectivity index (χ2v) is 17.7. The minimum Gasteiger partial charge on any atom is -0.456 e. The third-order valence-corrected chi connectivity index (χ3v) is 13.5. The zero-order valence-electron chi connectivity index (χ0n) is 38.1. The summed E-state index contributed by atoms with van der Waals surface area (Å²) in [5.74, 6) is 0. The Bertz CT molecular complexity index is 3710. The SMILES string of the molecule is c1ccc(-c2ccc(N(c3ccc(-c4cccc(-c5ccc(N(c6ccc(-c7ccccc7)cc6)c6ccc7oc8ccccc8c7c6)cc5)c4)cc3)c3ccc4oc5ccccc5c4c3)cc2)cc1. The summed E-state index contributed by atoms with van der Waals surface area (Å²) < 4.78 is 12.5. The molecular weight excluding hydrogens is 853 g/mol. The zero-order valence-corrected chi connectivity index (χ0v) is 38.1. The van der Waals surface area contributed by atoms with Crippen LogP contribution in [0, 0.1) is 0 Å². The lowest BCUT2D eigenvalue weighted by atomic mass is 9.98. The standard InChI is InChI=1S/C66H44N2O2/c1-3-12-45(13-4-1)47-22-30-53(31-23-47)67(57-38-40-65-61(43-57)59-18-7-9-20-63(59)69-65)55-34-26-49(27-35-55)51-16-11-17-52(42-51)50-28-36-56(37-29-50)68(54-32-24-48(25-33-54)46-14-5-2-6-15-46)58-39-41-66-62(44-58)60-19-8-10-21-64(60)70-66/h1-44H. The van der Waals surface area contributed by atoms with Crippen LogP contribution in [0.5, 0.6) is 0 Å². The fourth-order valence-electron chi connectivity index (χ4n) is 9.95. The maximum Gasteiger partial charge on any atom is 0.135 e. The molecule has 11 aromatic carbocycles. The van der Waals surface area contributed by atoms with Crippen molar-refractivity contribution in [3.8, 4) is 44.5 Å². The van der Waals surface area contributed by atoms with Gasteiger partial charge in [0.15, 0.2) is 0 Å². The lowest BCUT2D eigenvalue weighted by Crippen LogP contribution is -2.09. The van der Waals surface area contributed by atoms with Crippen LogP contribution in [0.3, 0.4) is 0 Å². The monoisotopic (exact) mass is 896 g/mol. The van der Waals surface area contributed by atoms with Crippen LogP contribution in [-0.2, 0) is 0 Å². The number of hydrogen-bond donors (Lipinski definition) is 0. The molecule has 0 amide bonds. The number of hydrogen-bond acceptors (Lipinski definition) is 4. The molecule has 0 aliphatic carbocycles. The summed E-state index contributed by atoms with van der Waals surface area (Å²) in [6.07, 6.45) is 0. The number of fused-ring (bicyclic) bond motifs is 6. The molecule has 2 heterocycles. The largest absolute Gasteiger partial charge is 0.456 e. The highest BCUT2D eigenvalue weighted by Crippen LogP contribution is 2.42. The lowest BCUT2D eigenvalue weighted by Gasteiger charge is -2.26. The van der Waals surface area contributed by atoms with Gasteiger partial charge in [0.2, 0.25) is 0 Å². The zero-order chi connectivity index (χ0) is 46.4. The van der Waals surface area contributed by atoms with Crippen LogP contribution in [-0.4, -0.2) is 0 Å². The Labute approximate surface area is 406 Å². The summed E-state index contributed by atoms with van der Waals surface area (Å²) >= 11 is 0.